The Hall–Kier alpha value is -3.09. The number of ether oxygens (including phenoxy) is 1. The Morgan fingerprint density at radius 2 is 1.21 bits per heavy atom. The summed E-state index contributed by atoms with van der Waals surface area (Å²) >= 11 is 45.5. The van der Waals surface area contributed by atoms with Crippen LogP contribution in [0.1, 0.15) is 20.7 Å². The number of ketones is 1. The van der Waals surface area contributed by atoms with E-state index in [2.05, 4.69) is 0 Å². The molecule has 3 amide bonds. The van der Waals surface area contributed by atoms with Gasteiger partial charge < -0.3 is 4.74 Å². The molecule has 0 aromatic heterocycles. The summed E-state index contributed by atoms with van der Waals surface area (Å²) in [6, 6.07) is 16.6. The number of rotatable bonds is 8. The number of carbonyl (C=O) groups is 4. The fourth-order valence-corrected chi connectivity index (χ4v) is 8.96. The molecule has 1 saturated carbocycles. The van der Waals surface area contributed by atoms with Crippen LogP contribution >= 0.6 is 81.2 Å². The van der Waals surface area contributed by atoms with Crippen molar-refractivity contribution in [2.24, 2.45) is 11.8 Å². The van der Waals surface area contributed by atoms with E-state index in [-0.39, 0.29) is 26.9 Å². The zero-order valence-corrected chi connectivity index (χ0v) is 28.4. The van der Waals surface area contributed by atoms with Gasteiger partial charge in [-0.1, -0.05) is 58.0 Å². The minimum atomic E-state index is -2.19. The van der Waals surface area contributed by atoms with E-state index in [0.717, 1.165) is 0 Å². The summed E-state index contributed by atoms with van der Waals surface area (Å²) in [6.07, 6.45) is 0. The molecule has 3 aromatic carbocycles. The molecular weight excluding hydrogens is 763 g/mol. The van der Waals surface area contributed by atoms with E-state index in [1.807, 2.05) is 0 Å². The normalized spacial score (nSPS) is 25.6. The Bertz CT molecular complexity index is 1860. The summed E-state index contributed by atoms with van der Waals surface area (Å²) in [6.45, 7) is -0.784. The van der Waals surface area contributed by atoms with Gasteiger partial charge in [-0.25, -0.2) is 5.01 Å². The second-order valence-electron chi connectivity index (χ2n) is 10.7. The Kier molecular flexibility index (Phi) is 8.49. The first-order chi connectivity index (χ1) is 22.0. The third kappa shape index (κ3) is 4.91. The summed E-state index contributed by atoms with van der Waals surface area (Å²) in [5, 5.41) is 11.8. The van der Waals surface area contributed by atoms with E-state index in [4.69, 9.17) is 85.9 Å². The lowest BCUT2D eigenvalue weighted by Crippen LogP contribution is -2.56. The molecule has 2 fully saturated rings. The molecule has 10 nitrogen and oxygen atoms in total. The molecule has 0 radical (unpaired) electrons. The highest BCUT2D eigenvalue weighted by Gasteiger charge is 2.88. The van der Waals surface area contributed by atoms with Gasteiger partial charge in [-0.15, -0.1) is 23.2 Å². The van der Waals surface area contributed by atoms with Crippen LogP contribution in [0.25, 0.3) is 0 Å². The van der Waals surface area contributed by atoms with Crippen molar-refractivity contribution in [1.82, 2.24) is 10.0 Å². The van der Waals surface area contributed by atoms with E-state index < -0.39 is 60.9 Å². The van der Waals surface area contributed by atoms with Crippen LogP contribution in [0.15, 0.2) is 82.9 Å². The van der Waals surface area contributed by atoms with Gasteiger partial charge in [-0.3, -0.25) is 29.3 Å². The van der Waals surface area contributed by atoms with Gasteiger partial charge in [0.25, 0.3) is 23.4 Å². The summed E-state index contributed by atoms with van der Waals surface area (Å²) in [5.74, 6) is -6.08. The van der Waals surface area contributed by atoms with Gasteiger partial charge in [0.2, 0.25) is 0 Å². The first kappa shape index (κ1) is 33.8. The molecule has 0 spiro atoms. The highest BCUT2D eigenvalue weighted by atomic mass is 35.5. The second kappa shape index (κ2) is 11.8. The Labute approximate surface area is 300 Å². The molecule has 47 heavy (non-hydrogen) atoms. The Morgan fingerprint density at radius 3 is 1.68 bits per heavy atom. The number of nitro groups is 1. The van der Waals surface area contributed by atoms with Gasteiger partial charge in [-0.2, -0.15) is 5.01 Å². The number of hydrazine groups is 1. The Morgan fingerprint density at radius 1 is 0.766 bits per heavy atom. The fourth-order valence-electron chi connectivity index (χ4n) is 5.90. The molecule has 4 atom stereocenters. The second-order valence-corrected chi connectivity index (χ2v) is 14.5. The van der Waals surface area contributed by atoms with Crippen molar-refractivity contribution in [2.75, 3.05) is 6.54 Å². The largest absolute Gasteiger partial charge is 0.457 e. The first-order valence-corrected chi connectivity index (χ1v) is 16.0. The van der Waals surface area contributed by atoms with Crippen LogP contribution in [0, 0.1) is 22.0 Å². The molecule has 0 unspecified atom stereocenters. The number of allylic oxidation sites excluding steroid dienone is 2. The molecule has 1 heterocycles. The number of benzene rings is 3. The van der Waals surface area contributed by atoms with Crippen molar-refractivity contribution in [1.29, 1.82) is 0 Å². The zero-order chi connectivity index (χ0) is 34.2. The van der Waals surface area contributed by atoms with E-state index in [1.54, 1.807) is 0 Å². The molecule has 0 N–H and O–H groups in total. The maximum atomic E-state index is 14.0. The SMILES string of the molecule is O=C(CN(C(=O)c1ccc(Cl)cc1)N1C(=O)[C@@H]2[C@H](C1=O)[C@@]1(Cl)C(Cl)=C(Cl)[C@@]2(Cl)C1(Cl)Cl)c1ccc(Oc2ccc([N+](=O)[O-])cc2)cc1. The van der Waals surface area contributed by atoms with Gasteiger partial charge in [-0.05, 0) is 60.7 Å². The van der Waals surface area contributed by atoms with E-state index in [0.29, 0.717) is 26.5 Å². The highest BCUT2D eigenvalue weighted by Crippen LogP contribution is 2.77. The number of Topliss-reactive ketones (excluding diaryl/α,β-unsaturated/α-hetero) is 1. The number of non-ortho nitro benzene ring substituents is 1. The third-order valence-electron chi connectivity index (χ3n) is 8.21. The van der Waals surface area contributed by atoms with Crippen LogP contribution in [-0.4, -0.2) is 59.1 Å². The van der Waals surface area contributed by atoms with Crippen LogP contribution in [0.5, 0.6) is 11.5 Å². The molecule has 2 bridgehead atoms. The summed E-state index contributed by atoms with van der Waals surface area (Å²) in [4.78, 5) is 61.7. The van der Waals surface area contributed by atoms with Crippen molar-refractivity contribution < 1.29 is 28.8 Å². The average Bonchev–Trinajstić information content (AvgIpc) is 3.43. The lowest BCUT2D eigenvalue weighted by Gasteiger charge is -2.36. The lowest BCUT2D eigenvalue weighted by atomic mass is 9.84. The van der Waals surface area contributed by atoms with Crippen molar-refractivity contribution in [3.05, 3.63) is 109 Å². The number of hydrogen-bond acceptors (Lipinski definition) is 7. The number of carbonyl (C=O) groups excluding carboxylic acids is 4. The molecule has 17 heteroatoms. The number of hydrogen-bond donors (Lipinski definition) is 0. The summed E-state index contributed by atoms with van der Waals surface area (Å²) in [5.41, 5.74) is -0.0314. The molecule has 2 aliphatic carbocycles. The highest BCUT2D eigenvalue weighted by molar-refractivity contribution is 6.66. The van der Waals surface area contributed by atoms with Crippen LogP contribution in [0.2, 0.25) is 5.02 Å². The van der Waals surface area contributed by atoms with Gasteiger partial charge in [0.15, 0.2) is 10.1 Å². The minimum Gasteiger partial charge on any atom is -0.457 e. The number of nitro benzene ring substituents is 1. The smallest absolute Gasteiger partial charge is 0.273 e. The summed E-state index contributed by atoms with van der Waals surface area (Å²) in [7, 11) is 0. The number of imide groups is 1. The van der Waals surface area contributed by atoms with E-state index >= 15 is 0 Å². The van der Waals surface area contributed by atoms with Crippen LogP contribution in [0.3, 0.4) is 0 Å². The van der Waals surface area contributed by atoms with E-state index in [9.17, 15) is 29.3 Å². The third-order valence-corrected chi connectivity index (χ3v) is 12.7. The van der Waals surface area contributed by atoms with Crippen LogP contribution < -0.4 is 4.74 Å². The molecule has 1 saturated heterocycles. The molecule has 1 aliphatic heterocycles. The van der Waals surface area contributed by atoms with Crippen molar-refractivity contribution >= 4 is 110 Å². The predicted molar refractivity (Wildman–Crippen MR) is 176 cm³/mol. The summed E-state index contributed by atoms with van der Waals surface area (Å²) < 4.78 is 3.50. The fraction of sp³-hybridized carbons (Fsp3) is 0.200. The maximum Gasteiger partial charge on any atom is 0.273 e. The van der Waals surface area contributed by atoms with Gasteiger partial charge in [0.1, 0.15) is 27.8 Å². The Balaban J connectivity index is 1.31. The number of alkyl halides is 4. The number of nitrogens with zero attached hydrogens (tertiary/aromatic N) is 3. The zero-order valence-electron chi connectivity index (χ0n) is 23.1. The van der Waals surface area contributed by atoms with Crippen molar-refractivity contribution in [3.8, 4) is 11.5 Å². The van der Waals surface area contributed by atoms with Crippen LogP contribution in [0.4, 0.5) is 5.69 Å². The molecule has 242 valence electrons. The number of amides is 3. The monoisotopic (exact) mass is 775 g/mol. The topological polar surface area (TPSA) is 127 Å². The number of fused-ring (bicyclic) bond motifs is 5. The van der Waals surface area contributed by atoms with Gasteiger partial charge >= 0.3 is 0 Å². The van der Waals surface area contributed by atoms with Gasteiger partial charge in [0, 0.05) is 28.3 Å². The molecule has 6 rings (SSSR count). The lowest BCUT2D eigenvalue weighted by molar-refractivity contribution is -0.384. The first-order valence-electron chi connectivity index (χ1n) is 13.4. The molecule has 3 aromatic rings. The van der Waals surface area contributed by atoms with E-state index in [1.165, 1.54) is 72.8 Å². The number of halogens is 7. The maximum absolute atomic E-state index is 14.0. The molecule has 3 aliphatic rings. The molecular formula is C30H16Cl7N3O7. The standard InChI is InChI=1S/C30H16Cl7N3O7/c31-16-5-1-15(2-6-16)25(42)38(13-20(41)14-3-9-18(10-4-14)47-19-11-7-17(8-12-19)40(45)46)39-26(43)21-22(27(39)44)29(35)24(33)23(32)28(21,34)30(29,36)37/h1-12,21-22H,13H2/t21-,22+,28-,29-/m1/s1. The quantitative estimate of drug-likeness (QED) is 0.0754. The van der Waals surface area contributed by atoms with Crippen molar-refractivity contribution in [3.63, 3.8) is 0 Å². The minimum absolute atomic E-state index is 0.00549. The average molecular weight is 779 g/mol. The van der Waals surface area contributed by atoms with Gasteiger partial charge in [0.05, 0.1) is 26.8 Å². The predicted octanol–water partition coefficient (Wildman–Crippen LogP) is 7.73. The van der Waals surface area contributed by atoms with Crippen LogP contribution in [-0.2, 0) is 9.59 Å². The van der Waals surface area contributed by atoms with Crippen molar-refractivity contribution in [2.45, 2.75) is 14.1 Å².